The van der Waals surface area contributed by atoms with Crippen molar-refractivity contribution in [3.63, 3.8) is 0 Å². The van der Waals surface area contributed by atoms with Crippen LogP contribution < -0.4 is 0 Å². The Morgan fingerprint density at radius 3 is 2.57 bits per heavy atom. The molecule has 0 fully saturated rings. The molecule has 1 aliphatic rings. The Labute approximate surface area is 43.2 Å². The first-order valence-corrected chi connectivity index (χ1v) is 2.43. The summed E-state index contributed by atoms with van der Waals surface area (Å²) in [5, 5.41) is 0. The van der Waals surface area contributed by atoms with Gasteiger partial charge < -0.3 is 4.74 Å². The molecule has 0 aromatic heterocycles. The quantitative estimate of drug-likeness (QED) is 0.440. The van der Waals surface area contributed by atoms with Gasteiger partial charge in [0.2, 0.25) is 0 Å². The van der Waals surface area contributed by atoms with E-state index in [-0.39, 0.29) is 0 Å². The Bertz CT molecular complexity index is 98.3. The molecule has 0 bridgehead atoms. The third-order valence-corrected chi connectivity index (χ3v) is 1.07. The summed E-state index contributed by atoms with van der Waals surface area (Å²) in [6.45, 7) is 2.07. The molecule has 40 valence electrons. The van der Waals surface area contributed by atoms with Gasteiger partial charge in [-0.2, -0.15) is 0 Å². The molecule has 0 amide bonds. The summed E-state index contributed by atoms with van der Waals surface area (Å²) >= 11 is 0. The van der Waals surface area contributed by atoms with Gasteiger partial charge >= 0.3 is 0 Å². The maximum absolute atomic E-state index is 4.81. The second-order valence-electron chi connectivity index (χ2n) is 1.78. The number of hydrogen-bond acceptors (Lipinski definition) is 2. The van der Waals surface area contributed by atoms with Crippen molar-refractivity contribution in [2.45, 2.75) is 19.4 Å². The van der Waals surface area contributed by atoms with E-state index in [9.17, 15) is 0 Å². The zero-order valence-corrected chi connectivity index (χ0v) is 4.64. The van der Waals surface area contributed by atoms with Crippen LogP contribution in [0, 0.1) is 0 Å². The van der Waals surface area contributed by atoms with Crippen molar-refractivity contribution in [1.29, 1.82) is 0 Å². The van der Waals surface area contributed by atoms with Crippen LogP contribution in [-0.4, -0.2) is 19.0 Å². The van der Waals surface area contributed by atoms with E-state index in [1.165, 1.54) is 0 Å². The van der Waals surface area contributed by atoms with Crippen LogP contribution in [0.1, 0.15) is 13.3 Å². The van der Waals surface area contributed by atoms with E-state index in [1.54, 1.807) is 7.11 Å². The van der Waals surface area contributed by atoms with Crippen molar-refractivity contribution in [3.05, 3.63) is 0 Å². The van der Waals surface area contributed by atoms with Gasteiger partial charge in [0, 0.05) is 6.42 Å². The van der Waals surface area contributed by atoms with Gasteiger partial charge in [-0.25, -0.2) is 0 Å². The van der Waals surface area contributed by atoms with Gasteiger partial charge in [-0.1, -0.05) is 0 Å². The summed E-state index contributed by atoms with van der Waals surface area (Å²) in [4.78, 5) is 4.03. The van der Waals surface area contributed by atoms with Crippen LogP contribution in [-0.2, 0) is 4.74 Å². The predicted octanol–water partition coefficient (Wildman–Crippen LogP) is 0.823. The fourth-order valence-corrected chi connectivity index (χ4v) is 0.620. The van der Waals surface area contributed by atoms with Crippen LogP contribution in [0.2, 0.25) is 0 Å². The number of methoxy groups -OCH3 is 1. The summed E-state index contributed by atoms with van der Waals surface area (Å²) in [5.41, 5.74) is 0. The lowest BCUT2D eigenvalue weighted by Crippen LogP contribution is -2.21. The Morgan fingerprint density at radius 1 is 1.86 bits per heavy atom. The molecule has 0 aromatic carbocycles. The van der Waals surface area contributed by atoms with Gasteiger partial charge in [0.05, 0.1) is 13.2 Å². The Hall–Kier alpha value is -0.530. The molecule has 1 rings (SSSR count). The number of hydrogen-bond donors (Lipinski definition) is 0. The van der Waals surface area contributed by atoms with Crippen LogP contribution in [0.25, 0.3) is 0 Å². The van der Waals surface area contributed by atoms with Gasteiger partial charge in [0.1, 0.15) is 0 Å². The molecule has 1 heterocycles. The summed E-state index contributed by atoms with van der Waals surface area (Å²) in [6, 6.07) is 0.509. The molecule has 0 saturated heterocycles. The zero-order chi connectivity index (χ0) is 5.28. The van der Waals surface area contributed by atoms with E-state index in [2.05, 4.69) is 11.9 Å². The SMILES string of the molecule is COC1=NC(C)C1. The molecule has 1 unspecified atom stereocenters. The molecule has 0 aliphatic carbocycles. The van der Waals surface area contributed by atoms with E-state index >= 15 is 0 Å². The molecule has 1 aliphatic heterocycles. The highest BCUT2D eigenvalue weighted by atomic mass is 16.5. The predicted molar refractivity (Wildman–Crippen MR) is 28.5 cm³/mol. The first-order chi connectivity index (χ1) is 3.33. The molecule has 0 saturated carbocycles. The minimum atomic E-state index is 0.509. The van der Waals surface area contributed by atoms with Crippen molar-refractivity contribution < 1.29 is 4.74 Å². The lowest BCUT2D eigenvalue weighted by atomic mass is 10.2. The number of nitrogens with zero attached hydrogens (tertiary/aromatic N) is 1. The van der Waals surface area contributed by atoms with Gasteiger partial charge in [-0.05, 0) is 6.92 Å². The fourth-order valence-electron chi connectivity index (χ4n) is 0.620. The Morgan fingerprint density at radius 2 is 2.43 bits per heavy atom. The minimum Gasteiger partial charge on any atom is -0.484 e. The molecule has 2 nitrogen and oxygen atoms in total. The Kier molecular flexibility index (Phi) is 1.01. The third kappa shape index (κ3) is 0.734. The van der Waals surface area contributed by atoms with Gasteiger partial charge in [-0.3, -0.25) is 4.99 Å². The largest absolute Gasteiger partial charge is 0.484 e. The lowest BCUT2D eigenvalue weighted by Gasteiger charge is -2.17. The second kappa shape index (κ2) is 1.52. The zero-order valence-electron chi connectivity index (χ0n) is 4.64. The molecule has 7 heavy (non-hydrogen) atoms. The molecular formula is C5H9NO. The topological polar surface area (TPSA) is 21.6 Å². The van der Waals surface area contributed by atoms with Crippen molar-refractivity contribution >= 4 is 5.90 Å². The maximum Gasteiger partial charge on any atom is 0.185 e. The summed E-state index contributed by atoms with van der Waals surface area (Å²) in [6.07, 6.45) is 1.02. The molecule has 0 spiro atoms. The van der Waals surface area contributed by atoms with Crippen molar-refractivity contribution in [3.8, 4) is 0 Å². The first kappa shape index (κ1) is 4.62. The average molecular weight is 99.1 g/mol. The Balaban J connectivity index is 2.35. The third-order valence-electron chi connectivity index (χ3n) is 1.07. The van der Waals surface area contributed by atoms with Crippen LogP contribution in [0.15, 0.2) is 4.99 Å². The van der Waals surface area contributed by atoms with Crippen molar-refractivity contribution in [2.75, 3.05) is 7.11 Å². The molecule has 0 aromatic rings. The number of rotatable bonds is 0. The van der Waals surface area contributed by atoms with Crippen LogP contribution in [0.4, 0.5) is 0 Å². The molecule has 1 atom stereocenters. The average Bonchev–Trinajstić information content (AvgIpc) is 1.58. The van der Waals surface area contributed by atoms with Crippen molar-refractivity contribution in [1.82, 2.24) is 0 Å². The summed E-state index contributed by atoms with van der Waals surface area (Å²) < 4.78 is 4.81. The first-order valence-electron chi connectivity index (χ1n) is 2.43. The van der Waals surface area contributed by atoms with Crippen LogP contribution in [0.3, 0.4) is 0 Å². The molecule has 0 N–H and O–H groups in total. The number of ether oxygens (including phenoxy) is 1. The van der Waals surface area contributed by atoms with Gasteiger partial charge in [0.25, 0.3) is 0 Å². The van der Waals surface area contributed by atoms with E-state index in [4.69, 9.17) is 4.74 Å². The normalized spacial score (nSPS) is 28.3. The van der Waals surface area contributed by atoms with E-state index < -0.39 is 0 Å². The molecular weight excluding hydrogens is 90.1 g/mol. The highest BCUT2D eigenvalue weighted by Gasteiger charge is 2.15. The second-order valence-corrected chi connectivity index (χ2v) is 1.78. The van der Waals surface area contributed by atoms with E-state index in [0.29, 0.717) is 6.04 Å². The summed E-state index contributed by atoms with van der Waals surface area (Å²) in [7, 11) is 1.66. The maximum atomic E-state index is 4.81. The van der Waals surface area contributed by atoms with Gasteiger partial charge in [0.15, 0.2) is 5.90 Å². The van der Waals surface area contributed by atoms with Crippen LogP contribution in [0.5, 0.6) is 0 Å². The molecule has 2 heteroatoms. The van der Waals surface area contributed by atoms with Gasteiger partial charge in [-0.15, -0.1) is 0 Å². The standard InChI is InChI=1S/C5H9NO/c1-4-3-5(6-4)7-2/h4H,3H2,1-2H3. The van der Waals surface area contributed by atoms with Crippen molar-refractivity contribution in [2.24, 2.45) is 4.99 Å². The lowest BCUT2D eigenvalue weighted by molar-refractivity contribution is 0.361. The highest BCUT2D eigenvalue weighted by Crippen LogP contribution is 2.10. The summed E-state index contributed by atoms with van der Waals surface area (Å²) in [5.74, 6) is 0.896. The monoisotopic (exact) mass is 99.1 g/mol. The molecule has 0 radical (unpaired) electrons. The van der Waals surface area contributed by atoms with E-state index in [1.807, 2.05) is 0 Å². The smallest absolute Gasteiger partial charge is 0.185 e. The highest BCUT2D eigenvalue weighted by molar-refractivity contribution is 5.81. The number of aliphatic imine (C=N–C) groups is 1. The van der Waals surface area contributed by atoms with E-state index in [0.717, 1.165) is 12.3 Å². The van der Waals surface area contributed by atoms with Crippen LogP contribution >= 0.6 is 0 Å². The fraction of sp³-hybridized carbons (Fsp3) is 0.800. The minimum absolute atomic E-state index is 0.509.